The van der Waals surface area contributed by atoms with Crippen molar-refractivity contribution in [2.45, 2.75) is 6.54 Å². The number of hydrogen-bond acceptors (Lipinski definition) is 3. The Morgan fingerprint density at radius 3 is 3.15 bits per heavy atom. The minimum atomic E-state index is 0.781. The molecule has 0 radical (unpaired) electrons. The summed E-state index contributed by atoms with van der Waals surface area (Å²) in [6.07, 6.45) is 1.78. The highest BCUT2D eigenvalue weighted by Gasteiger charge is 2.06. The third-order valence-corrected chi connectivity index (χ3v) is 2.02. The number of rotatable bonds is 2. The molecule has 2 aromatic rings. The molecule has 2 rings (SSSR count). The van der Waals surface area contributed by atoms with Crippen molar-refractivity contribution in [3.8, 4) is 0 Å². The molecule has 0 spiro atoms. The summed E-state index contributed by atoms with van der Waals surface area (Å²) in [4.78, 5) is 4.26. The predicted octanol–water partition coefficient (Wildman–Crippen LogP) is 0.688. The minimum absolute atomic E-state index is 0.781. The van der Waals surface area contributed by atoms with Gasteiger partial charge in [0.15, 0.2) is 5.65 Å². The molecule has 2 heterocycles. The minimum Gasteiger partial charge on any atom is -0.314 e. The first-order chi connectivity index (χ1) is 6.33. The number of fused-ring (bicyclic) bond motifs is 1. The summed E-state index contributed by atoms with van der Waals surface area (Å²) in [5, 5.41) is 8.58. The molecule has 1 N–H and O–H groups in total. The number of nitrogens with one attached hydrogen (secondary N) is 1. The molecule has 0 aromatic carbocycles. The number of aryl methyl sites for hydroxylation is 1. The highest BCUT2D eigenvalue weighted by atomic mass is 15.3. The van der Waals surface area contributed by atoms with E-state index in [2.05, 4.69) is 15.4 Å². The van der Waals surface area contributed by atoms with E-state index in [1.807, 2.05) is 30.9 Å². The van der Waals surface area contributed by atoms with Gasteiger partial charge in [0.1, 0.15) is 0 Å². The summed E-state index contributed by atoms with van der Waals surface area (Å²) < 4.78 is 1.81. The van der Waals surface area contributed by atoms with Crippen LogP contribution in [0.4, 0.5) is 0 Å². The fourth-order valence-electron chi connectivity index (χ4n) is 1.46. The Morgan fingerprint density at radius 1 is 1.54 bits per heavy atom. The molecule has 2 aromatic heterocycles. The predicted molar refractivity (Wildman–Crippen MR) is 51.3 cm³/mol. The summed E-state index contributed by atoms with van der Waals surface area (Å²) in [5.74, 6) is 0. The third-order valence-electron chi connectivity index (χ3n) is 2.02. The standard InChI is InChI=1S/C9H12N4/c1-10-6-8-7-4-3-5-11-9(7)13(2)12-8/h3-5,10H,6H2,1-2H3. The zero-order chi connectivity index (χ0) is 9.26. The second kappa shape index (κ2) is 3.14. The maximum Gasteiger partial charge on any atom is 0.157 e. The first-order valence-electron chi connectivity index (χ1n) is 4.24. The largest absolute Gasteiger partial charge is 0.314 e. The van der Waals surface area contributed by atoms with Crippen LogP contribution in [0.25, 0.3) is 11.0 Å². The molecule has 0 unspecified atom stereocenters. The molecule has 0 saturated carbocycles. The van der Waals surface area contributed by atoms with Gasteiger partial charge in [-0.25, -0.2) is 4.98 Å². The molecule has 0 atom stereocenters. The molecule has 0 aliphatic heterocycles. The zero-order valence-electron chi connectivity index (χ0n) is 7.78. The molecular weight excluding hydrogens is 164 g/mol. The SMILES string of the molecule is CNCc1nn(C)c2ncccc12. The van der Waals surface area contributed by atoms with Crippen LogP contribution in [0.3, 0.4) is 0 Å². The van der Waals surface area contributed by atoms with Crippen LogP contribution in [0.1, 0.15) is 5.69 Å². The molecule has 68 valence electrons. The van der Waals surface area contributed by atoms with E-state index < -0.39 is 0 Å². The Labute approximate surface area is 76.6 Å². The molecule has 0 aliphatic carbocycles. The summed E-state index contributed by atoms with van der Waals surface area (Å²) in [5.41, 5.74) is 1.99. The van der Waals surface area contributed by atoms with Crippen molar-refractivity contribution in [2.24, 2.45) is 7.05 Å². The normalized spacial score (nSPS) is 10.9. The average Bonchev–Trinajstić information content (AvgIpc) is 2.46. The molecule has 0 aliphatic rings. The molecular formula is C9H12N4. The van der Waals surface area contributed by atoms with E-state index in [9.17, 15) is 0 Å². The van der Waals surface area contributed by atoms with Crippen LogP contribution in [-0.2, 0) is 13.6 Å². The lowest BCUT2D eigenvalue weighted by Crippen LogP contribution is -2.06. The Morgan fingerprint density at radius 2 is 2.38 bits per heavy atom. The Bertz CT molecular complexity index is 418. The van der Waals surface area contributed by atoms with Crippen molar-refractivity contribution in [1.29, 1.82) is 0 Å². The third kappa shape index (κ3) is 1.29. The average molecular weight is 176 g/mol. The van der Waals surface area contributed by atoms with Crippen LogP contribution < -0.4 is 5.32 Å². The van der Waals surface area contributed by atoms with Crippen molar-refractivity contribution in [2.75, 3.05) is 7.05 Å². The van der Waals surface area contributed by atoms with Crippen LogP contribution >= 0.6 is 0 Å². The lowest BCUT2D eigenvalue weighted by Gasteiger charge is -1.92. The highest BCUT2D eigenvalue weighted by molar-refractivity contribution is 5.77. The van der Waals surface area contributed by atoms with E-state index in [0.29, 0.717) is 0 Å². The van der Waals surface area contributed by atoms with Crippen LogP contribution in [0, 0.1) is 0 Å². The van der Waals surface area contributed by atoms with Crippen molar-refractivity contribution in [3.63, 3.8) is 0 Å². The van der Waals surface area contributed by atoms with Gasteiger partial charge in [0.05, 0.1) is 5.69 Å². The van der Waals surface area contributed by atoms with E-state index in [-0.39, 0.29) is 0 Å². The van der Waals surface area contributed by atoms with Gasteiger partial charge in [0.2, 0.25) is 0 Å². The Hall–Kier alpha value is -1.42. The van der Waals surface area contributed by atoms with Crippen LogP contribution in [0.15, 0.2) is 18.3 Å². The van der Waals surface area contributed by atoms with Gasteiger partial charge >= 0.3 is 0 Å². The van der Waals surface area contributed by atoms with Crippen molar-refractivity contribution < 1.29 is 0 Å². The van der Waals surface area contributed by atoms with Gasteiger partial charge in [-0.15, -0.1) is 0 Å². The molecule has 4 heteroatoms. The summed E-state index contributed by atoms with van der Waals surface area (Å²) in [6, 6.07) is 3.98. The van der Waals surface area contributed by atoms with Crippen LogP contribution in [0.2, 0.25) is 0 Å². The number of hydrogen-bond donors (Lipinski definition) is 1. The fourth-order valence-corrected chi connectivity index (χ4v) is 1.46. The van der Waals surface area contributed by atoms with Gasteiger partial charge in [-0.1, -0.05) is 0 Å². The zero-order valence-corrected chi connectivity index (χ0v) is 7.78. The molecule has 4 nitrogen and oxygen atoms in total. The second-order valence-corrected chi connectivity index (χ2v) is 2.98. The Balaban J connectivity index is 2.63. The lowest BCUT2D eigenvalue weighted by molar-refractivity contribution is 0.722. The van der Waals surface area contributed by atoms with Gasteiger partial charge in [-0.3, -0.25) is 4.68 Å². The van der Waals surface area contributed by atoms with Crippen molar-refractivity contribution in [1.82, 2.24) is 20.1 Å². The maximum atomic E-state index is 4.37. The van der Waals surface area contributed by atoms with E-state index in [1.54, 1.807) is 6.20 Å². The second-order valence-electron chi connectivity index (χ2n) is 2.98. The molecule has 0 fully saturated rings. The van der Waals surface area contributed by atoms with Crippen molar-refractivity contribution >= 4 is 11.0 Å². The number of aromatic nitrogens is 3. The van der Waals surface area contributed by atoms with Crippen molar-refractivity contribution in [3.05, 3.63) is 24.0 Å². The van der Waals surface area contributed by atoms with E-state index in [0.717, 1.165) is 23.3 Å². The maximum absolute atomic E-state index is 4.37. The van der Waals surface area contributed by atoms with Gasteiger partial charge < -0.3 is 5.32 Å². The lowest BCUT2D eigenvalue weighted by atomic mass is 10.2. The van der Waals surface area contributed by atoms with E-state index >= 15 is 0 Å². The fraction of sp³-hybridized carbons (Fsp3) is 0.333. The summed E-state index contributed by atoms with van der Waals surface area (Å²) in [7, 11) is 3.82. The van der Waals surface area contributed by atoms with E-state index in [4.69, 9.17) is 0 Å². The molecule has 0 saturated heterocycles. The molecule has 0 bridgehead atoms. The topological polar surface area (TPSA) is 42.7 Å². The van der Waals surface area contributed by atoms with Crippen LogP contribution in [-0.4, -0.2) is 21.8 Å². The quantitative estimate of drug-likeness (QED) is 0.732. The molecule has 13 heavy (non-hydrogen) atoms. The van der Waals surface area contributed by atoms with E-state index in [1.165, 1.54) is 0 Å². The van der Waals surface area contributed by atoms with Gasteiger partial charge in [0, 0.05) is 25.2 Å². The number of pyridine rings is 1. The van der Waals surface area contributed by atoms with Crippen LogP contribution in [0.5, 0.6) is 0 Å². The Kier molecular flexibility index (Phi) is 1.98. The first kappa shape index (κ1) is 8.19. The van der Waals surface area contributed by atoms with Gasteiger partial charge in [-0.2, -0.15) is 5.10 Å². The van der Waals surface area contributed by atoms with Gasteiger partial charge in [0.25, 0.3) is 0 Å². The number of nitrogens with zero attached hydrogens (tertiary/aromatic N) is 3. The van der Waals surface area contributed by atoms with Gasteiger partial charge in [-0.05, 0) is 19.2 Å². The highest BCUT2D eigenvalue weighted by Crippen LogP contribution is 2.14. The molecule has 0 amide bonds. The summed E-state index contributed by atoms with van der Waals surface area (Å²) in [6.45, 7) is 0.781. The smallest absolute Gasteiger partial charge is 0.157 e. The summed E-state index contributed by atoms with van der Waals surface area (Å²) >= 11 is 0. The first-order valence-corrected chi connectivity index (χ1v) is 4.24. The monoisotopic (exact) mass is 176 g/mol.